The number of aromatic nitrogens is 1. The minimum atomic E-state index is 0.0557. The number of carbonyl (C=O) groups is 2. The van der Waals surface area contributed by atoms with Crippen molar-refractivity contribution in [3.63, 3.8) is 0 Å². The number of hydrogen-bond donors (Lipinski definition) is 0. The second-order valence-electron chi connectivity index (χ2n) is 5.62. The fourth-order valence-electron chi connectivity index (χ4n) is 2.66. The number of ketones is 2. The van der Waals surface area contributed by atoms with Crippen LogP contribution in [0.1, 0.15) is 35.1 Å². The summed E-state index contributed by atoms with van der Waals surface area (Å²) in [6, 6.07) is 1.95. The van der Waals surface area contributed by atoms with E-state index in [1.54, 1.807) is 0 Å². The fourth-order valence-corrected chi connectivity index (χ4v) is 2.66. The smallest absolute Gasteiger partial charge is 0.178 e. The Morgan fingerprint density at radius 3 is 2.63 bits per heavy atom. The monoisotopic (exact) mass is 262 g/mol. The topological polar surface area (TPSA) is 42.3 Å². The Morgan fingerprint density at radius 2 is 2.11 bits per heavy atom. The average Bonchev–Trinajstić information content (AvgIpc) is 2.62. The Hall–Kier alpha value is -1.42. The molecular weight excluding hydrogens is 240 g/mol. The summed E-state index contributed by atoms with van der Waals surface area (Å²) in [5.41, 5.74) is 2.93. The number of hydrogen-bond acceptors (Lipinski definition) is 3. The summed E-state index contributed by atoms with van der Waals surface area (Å²) in [5.74, 6) is 0.526. The summed E-state index contributed by atoms with van der Waals surface area (Å²) in [6.45, 7) is 7.75. The van der Waals surface area contributed by atoms with Crippen LogP contribution < -0.4 is 0 Å². The molecule has 0 spiro atoms. The Morgan fingerprint density at radius 1 is 1.42 bits per heavy atom. The van der Waals surface area contributed by atoms with Crippen molar-refractivity contribution >= 4 is 11.6 Å². The van der Waals surface area contributed by atoms with Crippen LogP contribution in [0.15, 0.2) is 6.07 Å². The van der Waals surface area contributed by atoms with Gasteiger partial charge in [-0.1, -0.05) is 6.92 Å². The molecule has 2 rings (SSSR count). The number of aryl methyl sites for hydroxylation is 1. The van der Waals surface area contributed by atoms with Gasteiger partial charge in [-0.2, -0.15) is 0 Å². The molecule has 0 N–H and O–H groups in total. The minimum absolute atomic E-state index is 0.0557. The van der Waals surface area contributed by atoms with Gasteiger partial charge in [0.15, 0.2) is 5.78 Å². The van der Waals surface area contributed by atoms with Crippen LogP contribution in [-0.4, -0.2) is 40.7 Å². The van der Waals surface area contributed by atoms with Crippen molar-refractivity contribution < 1.29 is 9.59 Å². The van der Waals surface area contributed by atoms with Gasteiger partial charge in [0, 0.05) is 49.4 Å². The zero-order valence-corrected chi connectivity index (χ0v) is 12.2. The summed E-state index contributed by atoms with van der Waals surface area (Å²) in [4.78, 5) is 25.9. The number of rotatable bonds is 3. The molecule has 1 aliphatic rings. The highest BCUT2D eigenvalue weighted by atomic mass is 16.1. The maximum Gasteiger partial charge on any atom is 0.178 e. The lowest BCUT2D eigenvalue weighted by Crippen LogP contribution is -2.42. The Bertz CT molecular complexity index is 516. The van der Waals surface area contributed by atoms with Gasteiger partial charge in [0.25, 0.3) is 0 Å². The second-order valence-corrected chi connectivity index (χ2v) is 5.62. The van der Waals surface area contributed by atoms with Gasteiger partial charge in [-0.3, -0.25) is 14.5 Å². The molecule has 1 aromatic heterocycles. The highest BCUT2D eigenvalue weighted by Crippen LogP contribution is 2.17. The highest BCUT2D eigenvalue weighted by Gasteiger charge is 2.25. The summed E-state index contributed by atoms with van der Waals surface area (Å²) in [6.07, 6.45) is 0.571. The first-order valence-corrected chi connectivity index (χ1v) is 6.81. The van der Waals surface area contributed by atoms with Crippen LogP contribution in [0.25, 0.3) is 0 Å². The van der Waals surface area contributed by atoms with E-state index in [-0.39, 0.29) is 11.7 Å². The molecule has 1 saturated heterocycles. The lowest BCUT2D eigenvalue weighted by atomic mass is 9.98. The lowest BCUT2D eigenvalue weighted by molar-refractivity contribution is -0.125. The first-order chi connectivity index (χ1) is 8.90. The van der Waals surface area contributed by atoms with E-state index >= 15 is 0 Å². The first-order valence-electron chi connectivity index (χ1n) is 6.81. The van der Waals surface area contributed by atoms with Gasteiger partial charge in [0.1, 0.15) is 5.78 Å². The van der Waals surface area contributed by atoms with E-state index in [9.17, 15) is 9.59 Å². The van der Waals surface area contributed by atoms with Crippen molar-refractivity contribution in [2.24, 2.45) is 13.0 Å². The summed E-state index contributed by atoms with van der Waals surface area (Å²) in [5, 5.41) is 0. The van der Waals surface area contributed by atoms with E-state index in [1.807, 2.05) is 38.5 Å². The molecule has 1 fully saturated rings. The Labute approximate surface area is 114 Å². The highest BCUT2D eigenvalue weighted by molar-refractivity contribution is 5.99. The van der Waals surface area contributed by atoms with E-state index in [1.165, 1.54) is 0 Å². The van der Waals surface area contributed by atoms with E-state index in [0.717, 1.165) is 17.0 Å². The first kappa shape index (κ1) is 14.0. The van der Waals surface area contributed by atoms with Crippen molar-refractivity contribution in [3.8, 4) is 0 Å². The third-order valence-corrected chi connectivity index (χ3v) is 4.20. The summed E-state index contributed by atoms with van der Waals surface area (Å²) in [7, 11) is 1.98. The zero-order valence-electron chi connectivity index (χ0n) is 12.2. The van der Waals surface area contributed by atoms with Crippen LogP contribution in [0, 0.1) is 19.8 Å². The standard InChI is InChI=1S/C15H22N2O2/c1-10-8-17(6-5-14(10)18)9-15(19)13-7-11(2)16(4)12(13)3/h7,10H,5-6,8-9H2,1-4H3. The van der Waals surface area contributed by atoms with Crippen molar-refractivity contribution in [1.82, 2.24) is 9.47 Å². The van der Waals surface area contributed by atoms with Crippen molar-refractivity contribution in [2.75, 3.05) is 19.6 Å². The number of nitrogens with zero attached hydrogens (tertiary/aromatic N) is 2. The third-order valence-electron chi connectivity index (χ3n) is 4.20. The van der Waals surface area contributed by atoms with Gasteiger partial charge in [-0.15, -0.1) is 0 Å². The Kier molecular flexibility index (Phi) is 3.90. The van der Waals surface area contributed by atoms with Gasteiger partial charge < -0.3 is 4.57 Å². The van der Waals surface area contributed by atoms with Gasteiger partial charge >= 0.3 is 0 Å². The molecule has 1 unspecified atom stereocenters. The maximum atomic E-state index is 12.3. The van der Waals surface area contributed by atoms with Gasteiger partial charge in [0.2, 0.25) is 0 Å². The van der Waals surface area contributed by atoms with Gasteiger partial charge in [0.05, 0.1) is 6.54 Å². The van der Waals surface area contributed by atoms with Crippen molar-refractivity contribution in [3.05, 3.63) is 23.0 Å². The lowest BCUT2D eigenvalue weighted by Gasteiger charge is -2.29. The molecule has 0 bridgehead atoms. The largest absolute Gasteiger partial charge is 0.351 e. The molecule has 4 nitrogen and oxygen atoms in total. The van der Waals surface area contributed by atoms with Crippen LogP contribution in [0.3, 0.4) is 0 Å². The van der Waals surface area contributed by atoms with Gasteiger partial charge in [-0.25, -0.2) is 0 Å². The average molecular weight is 262 g/mol. The predicted octanol–water partition coefficient (Wildman–Crippen LogP) is 1.74. The molecule has 0 aliphatic carbocycles. The molecule has 0 amide bonds. The molecule has 0 aromatic carbocycles. The predicted molar refractivity (Wildman–Crippen MR) is 74.4 cm³/mol. The van der Waals surface area contributed by atoms with E-state index in [4.69, 9.17) is 0 Å². The van der Waals surface area contributed by atoms with Crippen LogP contribution >= 0.6 is 0 Å². The van der Waals surface area contributed by atoms with Crippen LogP contribution in [0.2, 0.25) is 0 Å². The van der Waals surface area contributed by atoms with Gasteiger partial charge in [-0.05, 0) is 19.9 Å². The number of Topliss-reactive ketones (excluding diaryl/α,β-unsaturated/α-hetero) is 2. The van der Waals surface area contributed by atoms with Crippen molar-refractivity contribution in [1.29, 1.82) is 0 Å². The molecule has 104 valence electrons. The molecular formula is C15H22N2O2. The molecule has 1 aromatic rings. The van der Waals surface area contributed by atoms with Crippen LogP contribution in [0.5, 0.6) is 0 Å². The minimum Gasteiger partial charge on any atom is -0.351 e. The Balaban J connectivity index is 2.05. The van der Waals surface area contributed by atoms with Crippen LogP contribution in [-0.2, 0) is 11.8 Å². The second kappa shape index (κ2) is 5.29. The van der Waals surface area contributed by atoms with Crippen molar-refractivity contribution in [2.45, 2.75) is 27.2 Å². The molecule has 0 saturated carbocycles. The molecule has 2 heterocycles. The molecule has 4 heteroatoms. The number of likely N-dealkylation sites (tertiary alicyclic amines) is 1. The molecule has 19 heavy (non-hydrogen) atoms. The summed E-state index contributed by atoms with van der Waals surface area (Å²) >= 11 is 0. The number of carbonyl (C=O) groups excluding carboxylic acids is 2. The normalized spacial score (nSPS) is 20.8. The maximum absolute atomic E-state index is 12.3. The van der Waals surface area contributed by atoms with Crippen LogP contribution in [0.4, 0.5) is 0 Å². The molecule has 1 atom stereocenters. The molecule has 1 aliphatic heterocycles. The quantitative estimate of drug-likeness (QED) is 0.779. The fraction of sp³-hybridized carbons (Fsp3) is 0.600. The van der Waals surface area contributed by atoms with E-state index < -0.39 is 0 Å². The molecule has 0 radical (unpaired) electrons. The summed E-state index contributed by atoms with van der Waals surface area (Å²) < 4.78 is 2.04. The number of piperidine rings is 1. The SMILES string of the molecule is Cc1cc(C(=O)CN2CCC(=O)C(C)C2)c(C)n1C. The van der Waals surface area contributed by atoms with E-state index in [0.29, 0.717) is 31.8 Å². The third kappa shape index (κ3) is 2.78. The van der Waals surface area contributed by atoms with E-state index in [2.05, 4.69) is 4.90 Å². The zero-order chi connectivity index (χ0) is 14.2.